The van der Waals surface area contributed by atoms with Crippen molar-refractivity contribution in [1.29, 1.82) is 0 Å². The number of carbonyl (C=O) groups excluding carboxylic acids is 2. The third-order valence-electron chi connectivity index (χ3n) is 7.15. The van der Waals surface area contributed by atoms with Crippen molar-refractivity contribution in [1.82, 2.24) is 10.2 Å². The first-order chi connectivity index (χ1) is 21.6. The Balaban J connectivity index is 1.20. The van der Waals surface area contributed by atoms with Gasteiger partial charge in [-0.15, -0.1) is 0 Å². The molecule has 3 aromatic rings. The molecule has 0 spiro atoms. The number of nitrogens with zero attached hydrogens (tertiary/aromatic N) is 1. The number of ether oxygens (including phenoxy) is 5. The van der Waals surface area contributed by atoms with Crippen molar-refractivity contribution in [2.45, 2.75) is 45.3 Å². The topological polar surface area (TPSA) is 95.6 Å². The van der Waals surface area contributed by atoms with Crippen LogP contribution in [0.25, 0.3) is 0 Å². The Morgan fingerprint density at radius 2 is 1.43 bits per heavy atom. The lowest BCUT2D eigenvalue weighted by atomic mass is 10.00. The second-order valence-corrected chi connectivity index (χ2v) is 10.3. The Hall–Kier alpha value is -4.34. The van der Waals surface area contributed by atoms with E-state index >= 15 is 0 Å². The zero-order valence-corrected chi connectivity index (χ0v) is 25.5. The van der Waals surface area contributed by atoms with Crippen LogP contribution < -0.4 is 14.8 Å². The first-order valence-electron chi connectivity index (χ1n) is 15.2. The van der Waals surface area contributed by atoms with Crippen molar-refractivity contribution in [3.63, 3.8) is 0 Å². The van der Waals surface area contributed by atoms with E-state index < -0.39 is 12.3 Å². The van der Waals surface area contributed by atoms with E-state index in [1.165, 1.54) is 11.1 Å². The molecule has 1 aliphatic rings. The number of piperidine rings is 1. The molecule has 0 radical (unpaired) electrons. The zero-order chi connectivity index (χ0) is 31.0. The van der Waals surface area contributed by atoms with Crippen molar-refractivity contribution in [3.05, 3.63) is 108 Å². The molecule has 1 fully saturated rings. The second kappa shape index (κ2) is 17.7. The summed E-state index contributed by atoms with van der Waals surface area (Å²) in [4.78, 5) is 26.1. The highest BCUT2D eigenvalue weighted by molar-refractivity contribution is 5.69. The Labute approximate surface area is 259 Å². The molecule has 0 unspecified atom stereocenters. The van der Waals surface area contributed by atoms with Crippen LogP contribution in [0.1, 0.15) is 49.5 Å². The molecule has 0 saturated carbocycles. The summed E-state index contributed by atoms with van der Waals surface area (Å²) in [6.07, 6.45) is 4.90. The summed E-state index contributed by atoms with van der Waals surface area (Å²) in [5, 5.41) is 3.36. The summed E-state index contributed by atoms with van der Waals surface area (Å²) >= 11 is 0. The van der Waals surface area contributed by atoms with Gasteiger partial charge < -0.3 is 33.9 Å². The molecule has 0 bridgehead atoms. The molecule has 1 heterocycles. The zero-order valence-electron chi connectivity index (χ0n) is 25.5. The van der Waals surface area contributed by atoms with Gasteiger partial charge in [-0.2, -0.15) is 0 Å². The Bertz CT molecular complexity index is 1290. The predicted octanol–water partition coefficient (Wildman–Crippen LogP) is 6.67. The van der Waals surface area contributed by atoms with Crippen molar-refractivity contribution >= 4 is 12.3 Å². The number of likely N-dealkylation sites (tertiary alicyclic amines) is 1. The molecule has 4 rings (SSSR count). The van der Waals surface area contributed by atoms with Crippen LogP contribution in [0, 0.1) is 0 Å². The molecule has 0 atom stereocenters. The van der Waals surface area contributed by atoms with Gasteiger partial charge in [-0.3, -0.25) is 0 Å². The molecular weight excluding hydrogens is 560 g/mol. The lowest BCUT2D eigenvalue weighted by molar-refractivity contribution is -0.0266. The highest BCUT2D eigenvalue weighted by atomic mass is 16.7. The molecule has 9 nitrogen and oxygen atoms in total. The van der Waals surface area contributed by atoms with E-state index in [1.807, 2.05) is 24.4 Å². The van der Waals surface area contributed by atoms with Gasteiger partial charge in [-0.05, 0) is 68.1 Å². The maximum Gasteiger partial charge on any atom is 0.513 e. The fourth-order valence-electron chi connectivity index (χ4n) is 4.97. The van der Waals surface area contributed by atoms with Crippen LogP contribution in [0.5, 0.6) is 11.5 Å². The summed E-state index contributed by atoms with van der Waals surface area (Å²) in [6.45, 7) is 7.43. The molecule has 1 saturated heterocycles. The van der Waals surface area contributed by atoms with E-state index in [4.69, 9.17) is 23.7 Å². The molecule has 0 aromatic heterocycles. The smallest absolute Gasteiger partial charge is 0.434 e. The van der Waals surface area contributed by atoms with Crippen molar-refractivity contribution < 1.29 is 33.3 Å². The largest absolute Gasteiger partial charge is 0.513 e. The minimum absolute atomic E-state index is 0.0603. The third kappa shape index (κ3) is 10.4. The minimum Gasteiger partial charge on any atom is -0.434 e. The number of nitrogens with one attached hydrogen (secondary N) is 1. The van der Waals surface area contributed by atoms with Gasteiger partial charge in [-0.25, -0.2) is 9.59 Å². The van der Waals surface area contributed by atoms with Gasteiger partial charge in [0.15, 0.2) is 11.5 Å². The van der Waals surface area contributed by atoms with Crippen molar-refractivity contribution in [2.24, 2.45) is 0 Å². The summed E-state index contributed by atoms with van der Waals surface area (Å²) in [7, 11) is 0. The lowest BCUT2D eigenvalue weighted by Crippen LogP contribution is -2.40. The lowest BCUT2D eigenvalue weighted by Gasteiger charge is -2.34. The van der Waals surface area contributed by atoms with E-state index in [0.29, 0.717) is 6.42 Å². The highest BCUT2D eigenvalue weighted by Gasteiger charge is 2.24. The van der Waals surface area contributed by atoms with E-state index in [1.54, 1.807) is 32.0 Å². The molecule has 44 heavy (non-hydrogen) atoms. The van der Waals surface area contributed by atoms with Gasteiger partial charge in [0.1, 0.15) is 6.10 Å². The monoisotopic (exact) mass is 602 g/mol. The number of carbonyl (C=O) groups is 2. The van der Waals surface area contributed by atoms with E-state index in [0.717, 1.165) is 44.6 Å². The Morgan fingerprint density at radius 1 is 0.841 bits per heavy atom. The summed E-state index contributed by atoms with van der Waals surface area (Å²) in [5.74, 6) is 0.161. The van der Waals surface area contributed by atoms with Crippen LogP contribution in [0.4, 0.5) is 9.59 Å². The first-order valence-corrected chi connectivity index (χ1v) is 15.2. The maximum atomic E-state index is 11.9. The fourth-order valence-corrected chi connectivity index (χ4v) is 4.97. The SMILES string of the molecule is CCOC(=O)Oc1ccc(C/C=C\NCCN2CCC(OC(c3ccccc3)c3ccccc3)CC2)cc1OC(=O)OCC. The van der Waals surface area contributed by atoms with E-state index in [2.05, 4.69) is 58.7 Å². The number of allylic oxidation sites excluding steroid dienone is 1. The standard InChI is InChI=1S/C35H42N2O7/c1-3-40-34(38)43-31-18-17-27(26-32(31)44-35(39)41-4-2)12-11-21-36-22-25-37-23-19-30(20-24-37)42-33(28-13-7-5-8-14-28)29-15-9-6-10-16-29/h5-11,13-18,21,26,30,33,36H,3-4,12,19-20,22-25H2,1-2H3/b21-11-. The van der Waals surface area contributed by atoms with Gasteiger partial charge in [-0.1, -0.05) is 72.8 Å². The van der Waals surface area contributed by atoms with Gasteiger partial charge in [0.2, 0.25) is 0 Å². The first kappa shape index (κ1) is 32.6. The van der Waals surface area contributed by atoms with E-state index in [9.17, 15) is 9.59 Å². The number of rotatable bonds is 14. The van der Waals surface area contributed by atoms with Crippen LogP contribution in [0.2, 0.25) is 0 Å². The van der Waals surface area contributed by atoms with Gasteiger partial charge in [0.05, 0.1) is 19.3 Å². The average Bonchev–Trinajstić information content (AvgIpc) is 3.04. The molecule has 0 aliphatic carbocycles. The molecule has 3 aromatic carbocycles. The minimum atomic E-state index is -0.877. The molecule has 0 amide bonds. The molecular formula is C35H42N2O7. The third-order valence-corrected chi connectivity index (χ3v) is 7.15. The predicted molar refractivity (Wildman–Crippen MR) is 168 cm³/mol. The van der Waals surface area contributed by atoms with Gasteiger partial charge in [0.25, 0.3) is 0 Å². The van der Waals surface area contributed by atoms with Crippen LogP contribution in [0.3, 0.4) is 0 Å². The van der Waals surface area contributed by atoms with Crippen molar-refractivity contribution in [2.75, 3.05) is 39.4 Å². The number of benzene rings is 3. The molecule has 9 heteroatoms. The van der Waals surface area contributed by atoms with Crippen LogP contribution >= 0.6 is 0 Å². The number of hydrogen-bond donors (Lipinski definition) is 1. The number of hydrogen-bond acceptors (Lipinski definition) is 9. The van der Waals surface area contributed by atoms with Gasteiger partial charge in [0, 0.05) is 26.2 Å². The summed E-state index contributed by atoms with van der Waals surface area (Å²) in [6, 6.07) is 25.9. The molecule has 1 N–H and O–H groups in total. The second-order valence-electron chi connectivity index (χ2n) is 10.3. The quantitative estimate of drug-likeness (QED) is 0.123. The van der Waals surface area contributed by atoms with Crippen molar-refractivity contribution in [3.8, 4) is 11.5 Å². The Kier molecular flexibility index (Phi) is 13.1. The average molecular weight is 603 g/mol. The van der Waals surface area contributed by atoms with Crippen LogP contribution in [-0.2, 0) is 20.6 Å². The Morgan fingerprint density at radius 3 is 2.02 bits per heavy atom. The molecule has 1 aliphatic heterocycles. The van der Waals surface area contributed by atoms with Crippen LogP contribution in [-0.4, -0.2) is 62.7 Å². The van der Waals surface area contributed by atoms with Crippen LogP contribution in [0.15, 0.2) is 91.1 Å². The molecule has 234 valence electrons. The summed E-state index contributed by atoms with van der Waals surface area (Å²) in [5.41, 5.74) is 3.23. The van der Waals surface area contributed by atoms with E-state index in [-0.39, 0.29) is 36.9 Å². The normalized spacial score (nSPS) is 14.0. The fraction of sp³-hybridized carbons (Fsp3) is 0.371. The highest BCUT2D eigenvalue weighted by Crippen LogP contribution is 2.31. The maximum absolute atomic E-state index is 11.9. The van der Waals surface area contributed by atoms with Gasteiger partial charge >= 0.3 is 12.3 Å². The summed E-state index contributed by atoms with van der Waals surface area (Å²) < 4.78 is 26.8.